The van der Waals surface area contributed by atoms with Crippen molar-refractivity contribution in [2.24, 2.45) is 11.8 Å². The fourth-order valence-electron chi connectivity index (χ4n) is 5.97. The minimum absolute atomic E-state index is 0.154. The fraction of sp³-hybridized carbons (Fsp3) is 0.720. The molecule has 0 aromatic rings. The Balaban J connectivity index is 2.05. The van der Waals surface area contributed by atoms with Crippen LogP contribution in [-0.4, -0.2) is 94.6 Å². The number of hydrogen-bond acceptors (Lipinski definition) is 5. The van der Waals surface area contributed by atoms with E-state index in [-0.39, 0.29) is 30.4 Å². The van der Waals surface area contributed by atoms with Crippen molar-refractivity contribution in [1.82, 2.24) is 14.7 Å². The molecule has 0 aliphatic carbocycles. The molecule has 0 radical (unpaired) electrons. The molecule has 1 spiro atoms. The predicted octanol–water partition coefficient (Wildman–Crippen LogP) is 1.59. The van der Waals surface area contributed by atoms with Gasteiger partial charge in [-0.25, -0.2) is 0 Å². The highest BCUT2D eigenvalue weighted by atomic mass is 16.5. The van der Waals surface area contributed by atoms with Gasteiger partial charge in [-0.2, -0.15) is 0 Å². The van der Waals surface area contributed by atoms with E-state index in [1.54, 1.807) is 33.9 Å². The Kier molecular flexibility index (Phi) is 8.00. The largest absolute Gasteiger partial charge is 0.394 e. The molecule has 184 valence electrons. The van der Waals surface area contributed by atoms with Crippen molar-refractivity contribution in [3.05, 3.63) is 25.3 Å². The van der Waals surface area contributed by atoms with Gasteiger partial charge in [-0.05, 0) is 25.7 Å². The molecule has 3 amide bonds. The SMILES string of the molecule is C=CCN(C)C(=O)[C@@H]1[C@H]2C(=O)N([C@@H](CC)CO)C(C(=O)N(CC=C)CCCC)C23CC[C@H]1O3. The molecular weight excluding hydrogens is 422 g/mol. The number of nitrogens with zero attached hydrogens (tertiary/aromatic N) is 3. The fourth-order valence-corrected chi connectivity index (χ4v) is 5.97. The van der Waals surface area contributed by atoms with Crippen LogP contribution in [0.1, 0.15) is 46.0 Å². The van der Waals surface area contributed by atoms with Crippen molar-refractivity contribution < 1.29 is 24.2 Å². The smallest absolute Gasteiger partial charge is 0.248 e. The van der Waals surface area contributed by atoms with Crippen molar-refractivity contribution in [2.45, 2.75) is 69.7 Å². The van der Waals surface area contributed by atoms with E-state index in [9.17, 15) is 19.5 Å². The van der Waals surface area contributed by atoms with E-state index < -0.39 is 29.5 Å². The molecule has 0 saturated carbocycles. The third-order valence-electron chi connectivity index (χ3n) is 7.55. The first-order valence-electron chi connectivity index (χ1n) is 12.2. The van der Waals surface area contributed by atoms with Crippen LogP contribution >= 0.6 is 0 Å². The summed E-state index contributed by atoms with van der Waals surface area (Å²) in [6.07, 6.45) is 6.41. The Morgan fingerprint density at radius 3 is 2.55 bits per heavy atom. The first-order valence-corrected chi connectivity index (χ1v) is 12.2. The van der Waals surface area contributed by atoms with E-state index in [1.807, 2.05) is 6.92 Å². The first kappa shape index (κ1) is 25.4. The summed E-state index contributed by atoms with van der Waals surface area (Å²) in [5.74, 6) is -1.94. The van der Waals surface area contributed by atoms with Crippen molar-refractivity contribution >= 4 is 17.7 Å². The Morgan fingerprint density at radius 2 is 1.97 bits per heavy atom. The summed E-state index contributed by atoms with van der Waals surface area (Å²) in [4.78, 5) is 46.1. The monoisotopic (exact) mass is 461 g/mol. The van der Waals surface area contributed by atoms with Crippen molar-refractivity contribution in [1.29, 1.82) is 0 Å². The molecule has 2 bridgehead atoms. The van der Waals surface area contributed by atoms with Gasteiger partial charge in [-0.1, -0.05) is 32.4 Å². The number of rotatable bonds is 12. The minimum Gasteiger partial charge on any atom is -0.394 e. The van der Waals surface area contributed by atoms with E-state index in [4.69, 9.17) is 4.74 Å². The average Bonchev–Trinajstić information content (AvgIpc) is 3.44. The Bertz CT molecular complexity index is 782. The highest BCUT2D eigenvalue weighted by Gasteiger charge is 2.75. The maximum Gasteiger partial charge on any atom is 0.248 e. The molecule has 3 aliphatic heterocycles. The summed E-state index contributed by atoms with van der Waals surface area (Å²) in [6, 6.07) is -1.36. The van der Waals surface area contributed by atoms with Gasteiger partial charge in [-0.3, -0.25) is 14.4 Å². The van der Waals surface area contributed by atoms with Crippen molar-refractivity contribution in [3.8, 4) is 0 Å². The Labute approximate surface area is 197 Å². The molecule has 2 unspecified atom stereocenters. The van der Waals surface area contributed by atoms with Crippen molar-refractivity contribution in [2.75, 3.05) is 33.3 Å². The number of ether oxygens (including phenoxy) is 1. The lowest BCUT2D eigenvalue weighted by Gasteiger charge is -2.39. The van der Waals surface area contributed by atoms with Gasteiger partial charge >= 0.3 is 0 Å². The molecule has 3 rings (SSSR count). The number of likely N-dealkylation sites (tertiary alicyclic amines) is 1. The lowest BCUT2D eigenvalue weighted by Crippen LogP contribution is -2.58. The van der Waals surface area contributed by atoms with Gasteiger partial charge in [0, 0.05) is 26.7 Å². The minimum atomic E-state index is -1.04. The van der Waals surface area contributed by atoms with Crippen LogP contribution in [0.3, 0.4) is 0 Å². The Morgan fingerprint density at radius 1 is 1.27 bits per heavy atom. The zero-order valence-corrected chi connectivity index (χ0v) is 20.2. The molecular formula is C25H39N3O5. The second-order valence-corrected chi connectivity index (χ2v) is 9.48. The standard InChI is InChI=1S/C25H39N3O5/c1-6-10-15-27(14-8-3)24(32)21-25-12-11-18(33-25)19(22(30)26(5)13-7-2)20(25)23(31)28(21)17(9-4)16-29/h7-8,17-21,29H,2-3,6,9-16H2,1,4-5H3/t17-,18+,19-,20-,21?,25?/m0/s1. The molecule has 3 heterocycles. The zero-order chi connectivity index (χ0) is 24.3. The quantitative estimate of drug-likeness (QED) is 0.446. The number of amides is 3. The topological polar surface area (TPSA) is 90.4 Å². The molecule has 6 atom stereocenters. The van der Waals surface area contributed by atoms with Crippen molar-refractivity contribution in [3.63, 3.8) is 0 Å². The van der Waals surface area contributed by atoms with E-state index in [0.29, 0.717) is 38.9 Å². The molecule has 3 saturated heterocycles. The number of hydrogen-bond donors (Lipinski definition) is 1. The molecule has 8 nitrogen and oxygen atoms in total. The maximum absolute atomic E-state index is 14.0. The third kappa shape index (κ3) is 4.12. The van der Waals surface area contributed by atoms with Crippen LogP contribution in [0.2, 0.25) is 0 Å². The van der Waals surface area contributed by atoms with Crippen LogP contribution in [0.15, 0.2) is 25.3 Å². The first-order chi connectivity index (χ1) is 15.8. The number of unbranched alkanes of at least 4 members (excludes halogenated alkanes) is 1. The van der Waals surface area contributed by atoms with Gasteiger partial charge in [0.2, 0.25) is 17.7 Å². The highest BCUT2D eigenvalue weighted by molar-refractivity contribution is 5.99. The summed E-state index contributed by atoms with van der Waals surface area (Å²) in [6.45, 7) is 12.5. The zero-order valence-electron chi connectivity index (χ0n) is 20.2. The summed E-state index contributed by atoms with van der Waals surface area (Å²) in [5.41, 5.74) is -1.04. The van der Waals surface area contributed by atoms with E-state index in [2.05, 4.69) is 20.1 Å². The normalized spacial score (nSPS) is 30.8. The summed E-state index contributed by atoms with van der Waals surface area (Å²) < 4.78 is 6.46. The van der Waals surface area contributed by atoms with Gasteiger partial charge in [0.1, 0.15) is 11.6 Å². The number of aliphatic hydroxyl groups is 1. The number of aliphatic hydroxyl groups excluding tert-OH is 1. The molecule has 3 aliphatic rings. The number of carbonyl (C=O) groups is 3. The summed E-state index contributed by atoms with van der Waals surface area (Å²) >= 11 is 0. The Hall–Kier alpha value is -2.19. The molecule has 0 aromatic heterocycles. The van der Waals surface area contributed by atoms with Crippen LogP contribution in [-0.2, 0) is 19.1 Å². The van der Waals surface area contributed by atoms with E-state index in [1.165, 1.54) is 0 Å². The van der Waals surface area contributed by atoms with E-state index >= 15 is 0 Å². The lowest BCUT2D eigenvalue weighted by atomic mass is 9.70. The molecule has 1 N–H and O–H groups in total. The van der Waals surface area contributed by atoms with Crippen LogP contribution in [0.4, 0.5) is 0 Å². The number of fused-ring (bicyclic) bond motifs is 1. The average molecular weight is 462 g/mol. The molecule has 3 fully saturated rings. The second kappa shape index (κ2) is 10.4. The third-order valence-corrected chi connectivity index (χ3v) is 7.55. The van der Waals surface area contributed by atoms with Crippen LogP contribution in [0.25, 0.3) is 0 Å². The molecule has 8 heteroatoms. The number of carbonyl (C=O) groups excluding carboxylic acids is 3. The van der Waals surface area contributed by atoms with Crippen LogP contribution in [0, 0.1) is 11.8 Å². The predicted molar refractivity (Wildman–Crippen MR) is 125 cm³/mol. The van der Waals surface area contributed by atoms with Gasteiger partial charge < -0.3 is 24.5 Å². The van der Waals surface area contributed by atoms with Crippen LogP contribution < -0.4 is 0 Å². The molecule has 0 aromatic carbocycles. The lowest BCUT2D eigenvalue weighted by molar-refractivity contribution is -0.151. The summed E-state index contributed by atoms with van der Waals surface area (Å²) in [5, 5.41) is 10.1. The maximum atomic E-state index is 14.0. The molecule has 33 heavy (non-hydrogen) atoms. The van der Waals surface area contributed by atoms with Crippen LogP contribution in [0.5, 0.6) is 0 Å². The van der Waals surface area contributed by atoms with Gasteiger partial charge in [-0.15, -0.1) is 13.2 Å². The highest BCUT2D eigenvalue weighted by Crippen LogP contribution is 2.59. The second-order valence-electron chi connectivity index (χ2n) is 9.48. The van der Waals surface area contributed by atoms with Gasteiger partial charge in [0.15, 0.2) is 0 Å². The summed E-state index contributed by atoms with van der Waals surface area (Å²) in [7, 11) is 1.70. The van der Waals surface area contributed by atoms with Gasteiger partial charge in [0.25, 0.3) is 0 Å². The van der Waals surface area contributed by atoms with Gasteiger partial charge in [0.05, 0.1) is 30.6 Å². The van der Waals surface area contributed by atoms with E-state index in [0.717, 1.165) is 12.8 Å². The number of likely N-dealkylation sites (N-methyl/N-ethyl adjacent to an activating group) is 1.